The zero-order chi connectivity index (χ0) is 20.6. The monoisotopic (exact) mass is 455 g/mol. The number of hydrogen-bond acceptors (Lipinski definition) is 4. The predicted octanol–water partition coefficient (Wildman–Crippen LogP) is 5.78. The minimum absolute atomic E-state index is 0. The number of nitrogens with zero attached hydrogens (tertiary/aromatic N) is 3. The molecule has 155 valence electrons. The molecule has 4 nitrogen and oxygen atoms in total. The largest absolute Gasteiger partial charge is 2.00 e. The van der Waals surface area contributed by atoms with E-state index in [9.17, 15) is 0 Å². The normalized spacial score (nSPS) is 17.2. The summed E-state index contributed by atoms with van der Waals surface area (Å²) in [4.78, 5) is 4.19. The van der Waals surface area contributed by atoms with Crippen molar-refractivity contribution in [1.82, 2.24) is 20.1 Å². The Labute approximate surface area is 195 Å². The molecule has 1 saturated heterocycles. The van der Waals surface area contributed by atoms with Crippen molar-refractivity contribution in [2.24, 2.45) is 7.05 Å². The van der Waals surface area contributed by atoms with Crippen LogP contribution in [0.1, 0.15) is 40.5 Å². The third-order valence-corrected chi connectivity index (χ3v) is 5.95. The zero-order valence-electron chi connectivity index (χ0n) is 18.2. The molecule has 6 heteroatoms. The van der Waals surface area contributed by atoms with E-state index >= 15 is 0 Å². The summed E-state index contributed by atoms with van der Waals surface area (Å²) in [5, 5.41) is 9.16. The van der Waals surface area contributed by atoms with Crippen LogP contribution >= 0.6 is 11.3 Å². The fourth-order valence-corrected chi connectivity index (χ4v) is 4.78. The predicted molar refractivity (Wildman–Crippen MR) is 123 cm³/mol. The average molecular weight is 456 g/mol. The van der Waals surface area contributed by atoms with E-state index < -0.39 is 0 Å². The topological polar surface area (TPSA) is 42.7 Å². The summed E-state index contributed by atoms with van der Waals surface area (Å²) in [5.74, 6) is 0. The van der Waals surface area contributed by atoms with Gasteiger partial charge in [0.1, 0.15) is 0 Å². The van der Waals surface area contributed by atoms with E-state index in [1.54, 1.807) is 11.3 Å². The van der Waals surface area contributed by atoms with Gasteiger partial charge in [0.15, 0.2) is 0 Å². The van der Waals surface area contributed by atoms with Crippen LogP contribution in [0.3, 0.4) is 0 Å². The first-order valence-corrected chi connectivity index (χ1v) is 10.8. The maximum atomic E-state index is 4.39. The molecule has 0 bridgehead atoms. The first-order valence-electron chi connectivity index (χ1n) is 10.0. The van der Waals surface area contributed by atoms with Crippen LogP contribution in [0.4, 0.5) is 0 Å². The van der Waals surface area contributed by atoms with E-state index in [0.717, 1.165) is 16.4 Å². The van der Waals surface area contributed by atoms with Crippen molar-refractivity contribution in [3.8, 4) is 11.1 Å². The Hall–Kier alpha value is -1.66. The zero-order valence-corrected chi connectivity index (χ0v) is 20.4. The number of fused-ring (bicyclic) bond motifs is 2. The SMILES string of the molecule is CC1(C)C[CH-]CC(C)(C)N1.Cn1cc2cc(-c3ccc4n[c-]sc4c3)ccc2n1.[V+2]. The van der Waals surface area contributed by atoms with Crippen molar-refractivity contribution in [2.75, 3.05) is 0 Å². The second-order valence-corrected chi connectivity index (χ2v) is 9.98. The Morgan fingerprint density at radius 1 is 1.00 bits per heavy atom. The van der Waals surface area contributed by atoms with E-state index in [1.165, 1.54) is 28.7 Å². The van der Waals surface area contributed by atoms with Gasteiger partial charge in [-0.1, -0.05) is 22.3 Å². The van der Waals surface area contributed by atoms with Gasteiger partial charge in [0, 0.05) is 18.6 Å². The standard InChI is InChI=1S/C15H10N3S.C9H18N.V/c1-18-8-12-6-10(2-4-13(12)17-18)11-3-5-14-15(7-11)19-9-16-14;1-8(2)6-5-7-9(3,4)10-8;/h2-8H,1H3;5,10H,6-7H2,1-4H3;/q2*-1;+2. The smallest absolute Gasteiger partial charge is 0.386 e. The van der Waals surface area contributed by atoms with E-state index in [0.29, 0.717) is 11.1 Å². The van der Waals surface area contributed by atoms with Crippen LogP contribution < -0.4 is 5.32 Å². The molecule has 2 aromatic heterocycles. The number of rotatable bonds is 1. The summed E-state index contributed by atoms with van der Waals surface area (Å²) in [5.41, 5.74) is 7.99. The molecule has 30 heavy (non-hydrogen) atoms. The maximum absolute atomic E-state index is 4.39. The molecule has 1 aliphatic rings. The Kier molecular flexibility index (Phi) is 6.78. The summed E-state index contributed by atoms with van der Waals surface area (Å²) in [7, 11) is 1.94. The van der Waals surface area contributed by atoms with Gasteiger partial charge in [0.25, 0.3) is 0 Å². The van der Waals surface area contributed by atoms with Gasteiger partial charge in [0.05, 0.1) is 5.52 Å². The molecule has 1 N–H and O–H groups in total. The molecule has 4 aromatic rings. The van der Waals surface area contributed by atoms with Crippen LogP contribution in [0.2, 0.25) is 0 Å². The van der Waals surface area contributed by atoms with Crippen molar-refractivity contribution >= 4 is 32.5 Å². The number of aryl methyl sites for hydroxylation is 1. The summed E-state index contributed by atoms with van der Waals surface area (Å²) in [6.45, 7) is 9.02. The van der Waals surface area contributed by atoms with Crippen molar-refractivity contribution in [1.29, 1.82) is 0 Å². The summed E-state index contributed by atoms with van der Waals surface area (Å²) in [6, 6.07) is 12.7. The Balaban J connectivity index is 0.000000200. The third-order valence-electron chi connectivity index (χ3n) is 5.22. The molecular formula is C24H28N4SV. The van der Waals surface area contributed by atoms with Crippen molar-refractivity contribution in [2.45, 2.75) is 51.6 Å². The molecule has 1 fully saturated rings. The maximum Gasteiger partial charge on any atom is 2.00 e. The van der Waals surface area contributed by atoms with Gasteiger partial charge in [-0.15, -0.1) is 12.1 Å². The molecule has 0 atom stereocenters. The number of nitrogens with one attached hydrogen (secondary N) is 1. The van der Waals surface area contributed by atoms with Crippen LogP contribution in [0.5, 0.6) is 0 Å². The molecule has 2 aromatic carbocycles. The van der Waals surface area contributed by atoms with Gasteiger partial charge < -0.3 is 16.7 Å². The molecule has 0 amide bonds. The second kappa shape index (κ2) is 8.84. The van der Waals surface area contributed by atoms with E-state index in [2.05, 4.69) is 85.4 Å². The Morgan fingerprint density at radius 2 is 1.63 bits per heavy atom. The van der Waals surface area contributed by atoms with Crippen LogP contribution in [0.15, 0.2) is 42.6 Å². The summed E-state index contributed by atoms with van der Waals surface area (Å²) in [6.07, 6.45) is 6.81. The number of benzene rings is 2. The molecule has 0 saturated carbocycles. The number of piperidine rings is 1. The minimum atomic E-state index is 0. The van der Waals surface area contributed by atoms with Gasteiger partial charge in [-0.2, -0.15) is 17.9 Å². The first kappa shape index (κ1) is 23.0. The third kappa shape index (κ3) is 5.33. The van der Waals surface area contributed by atoms with Gasteiger partial charge >= 0.3 is 18.6 Å². The van der Waals surface area contributed by atoms with Crippen LogP contribution in [0, 0.1) is 11.9 Å². The van der Waals surface area contributed by atoms with Crippen LogP contribution in [-0.4, -0.2) is 25.8 Å². The fraction of sp³-hybridized carbons (Fsp3) is 0.375. The van der Waals surface area contributed by atoms with Gasteiger partial charge in [-0.05, 0) is 67.5 Å². The Bertz CT molecular complexity index is 1130. The number of hydrogen-bond donors (Lipinski definition) is 1. The first-order chi connectivity index (χ1) is 13.7. The van der Waals surface area contributed by atoms with Crippen LogP contribution in [0.25, 0.3) is 32.2 Å². The number of aromatic nitrogens is 3. The van der Waals surface area contributed by atoms with Gasteiger partial charge in [0.2, 0.25) is 0 Å². The van der Waals surface area contributed by atoms with Gasteiger partial charge in [-0.25, -0.2) is 0 Å². The molecule has 3 heterocycles. The molecule has 1 aliphatic heterocycles. The molecule has 0 spiro atoms. The number of thiazole rings is 1. The summed E-state index contributed by atoms with van der Waals surface area (Å²) < 4.78 is 3.01. The fourth-order valence-electron chi connectivity index (χ4n) is 4.13. The van der Waals surface area contributed by atoms with E-state index in [1.807, 2.05) is 24.0 Å². The van der Waals surface area contributed by atoms with Gasteiger partial charge in [-0.3, -0.25) is 16.0 Å². The van der Waals surface area contributed by atoms with Crippen LogP contribution in [-0.2, 0) is 25.6 Å². The van der Waals surface area contributed by atoms with Crippen molar-refractivity contribution in [3.05, 3.63) is 54.5 Å². The van der Waals surface area contributed by atoms with E-state index in [-0.39, 0.29) is 18.6 Å². The molecule has 0 unspecified atom stereocenters. The second-order valence-electron chi connectivity index (χ2n) is 9.15. The van der Waals surface area contributed by atoms with E-state index in [4.69, 9.17) is 0 Å². The van der Waals surface area contributed by atoms with Crippen molar-refractivity contribution in [3.63, 3.8) is 0 Å². The Morgan fingerprint density at radius 3 is 2.27 bits per heavy atom. The minimum Gasteiger partial charge on any atom is -0.386 e. The van der Waals surface area contributed by atoms with Crippen molar-refractivity contribution < 1.29 is 18.6 Å². The molecule has 0 aliphatic carbocycles. The molecular weight excluding hydrogens is 427 g/mol. The summed E-state index contributed by atoms with van der Waals surface area (Å²) >= 11 is 1.55. The average Bonchev–Trinajstić information content (AvgIpc) is 3.23. The quantitative estimate of drug-likeness (QED) is 0.370. The molecule has 5 rings (SSSR count). The molecule has 1 radical (unpaired) electrons.